The van der Waals surface area contributed by atoms with E-state index in [1.807, 2.05) is 23.1 Å². The third-order valence-electron chi connectivity index (χ3n) is 3.64. The van der Waals surface area contributed by atoms with Gasteiger partial charge in [-0.15, -0.1) is 0 Å². The van der Waals surface area contributed by atoms with Crippen LogP contribution in [0.2, 0.25) is 0 Å². The van der Waals surface area contributed by atoms with Gasteiger partial charge in [0, 0.05) is 24.5 Å². The smallest absolute Gasteiger partial charge is 0.225 e. The molecular weight excluding hydrogens is 271 g/mol. The largest absolute Gasteiger partial charge is 0.338 e. The Morgan fingerprint density at radius 3 is 3.00 bits per heavy atom. The molecule has 1 aliphatic heterocycles. The molecule has 1 saturated heterocycles. The standard InChI is InChI=1S/C14H13FN6/c15-10-4-7-20(9-10)14-16-6-3-12(19-14)11-8-18-21-13(11)2-1-5-17-21/h1-3,5-6,8,10H,4,7,9H2/t10-/m1/s1. The van der Waals surface area contributed by atoms with E-state index in [4.69, 9.17) is 0 Å². The molecule has 0 N–H and O–H groups in total. The SMILES string of the molecule is F[C@@H]1CCN(c2nccc(-c3cnn4ncccc34)n2)C1. The molecule has 7 heteroatoms. The average Bonchev–Trinajstić information content (AvgIpc) is 3.13. The van der Waals surface area contributed by atoms with E-state index < -0.39 is 6.17 Å². The first kappa shape index (κ1) is 12.2. The summed E-state index contributed by atoms with van der Waals surface area (Å²) in [6, 6.07) is 5.62. The number of fused-ring (bicyclic) bond motifs is 1. The zero-order chi connectivity index (χ0) is 14.2. The van der Waals surface area contributed by atoms with E-state index in [0.717, 1.165) is 16.8 Å². The number of aromatic nitrogens is 5. The first-order chi connectivity index (χ1) is 10.3. The topological polar surface area (TPSA) is 59.2 Å². The molecule has 0 spiro atoms. The molecule has 1 fully saturated rings. The highest BCUT2D eigenvalue weighted by Gasteiger charge is 2.24. The Hall–Kier alpha value is -2.57. The highest BCUT2D eigenvalue weighted by molar-refractivity contribution is 5.77. The first-order valence-electron chi connectivity index (χ1n) is 6.83. The predicted octanol–water partition coefficient (Wildman–Crippen LogP) is 1.73. The van der Waals surface area contributed by atoms with Crippen molar-refractivity contribution in [2.75, 3.05) is 18.0 Å². The second-order valence-corrected chi connectivity index (χ2v) is 5.03. The van der Waals surface area contributed by atoms with Gasteiger partial charge >= 0.3 is 0 Å². The molecule has 106 valence electrons. The monoisotopic (exact) mass is 284 g/mol. The van der Waals surface area contributed by atoms with Gasteiger partial charge in [0.25, 0.3) is 0 Å². The van der Waals surface area contributed by atoms with Crippen LogP contribution >= 0.6 is 0 Å². The van der Waals surface area contributed by atoms with E-state index >= 15 is 0 Å². The van der Waals surface area contributed by atoms with Crippen molar-refractivity contribution in [2.24, 2.45) is 0 Å². The molecule has 4 heterocycles. The van der Waals surface area contributed by atoms with E-state index in [0.29, 0.717) is 25.5 Å². The number of alkyl halides is 1. The summed E-state index contributed by atoms with van der Waals surface area (Å²) in [6.45, 7) is 1.01. The van der Waals surface area contributed by atoms with Gasteiger partial charge in [-0.2, -0.15) is 14.8 Å². The van der Waals surface area contributed by atoms with Gasteiger partial charge in [0.1, 0.15) is 6.17 Å². The number of halogens is 1. The second kappa shape index (κ2) is 4.76. The molecule has 0 radical (unpaired) electrons. The number of anilines is 1. The Labute approximate surface area is 120 Å². The van der Waals surface area contributed by atoms with Crippen LogP contribution in [0.5, 0.6) is 0 Å². The van der Waals surface area contributed by atoms with Crippen LogP contribution in [0.25, 0.3) is 16.8 Å². The molecule has 0 unspecified atom stereocenters. The zero-order valence-electron chi connectivity index (χ0n) is 11.2. The fraction of sp³-hybridized carbons (Fsp3) is 0.286. The van der Waals surface area contributed by atoms with Gasteiger partial charge in [-0.1, -0.05) is 0 Å². The lowest BCUT2D eigenvalue weighted by molar-refractivity contribution is 0.364. The number of nitrogens with zero attached hydrogens (tertiary/aromatic N) is 6. The third kappa shape index (κ3) is 2.10. The van der Waals surface area contributed by atoms with Crippen molar-refractivity contribution in [3.63, 3.8) is 0 Å². The van der Waals surface area contributed by atoms with Crippen molar-refractivity contribution >= 4 is 11.5 Å². The van der Waals surface area contributed by atoms with Crippen LogP contribution in [0.3, 0.4) is 0 Å². The molecule has 1 atom stereocenters. The summed E-state index contributed by atoms with van der Waals surface area (Å²) in [4.78, 5) is 10.7. The van der Waals surface area contributed by atoms with E-state index in [2.05, 4.69) is 20.2 Å². The fourth-order valence-electron chi connectivity index (χ4n) is 2.58. The van der Waals surface area contributed by atoms with Crippen molar-refractivity contribution in [2.45, 2.75) is 12.6 Å². The van der Waals surface area contributed by atoms with Gasteiger partial charge in [0.05, 0.1) is 24.0 Å². The lowest BCUT2D eigenvalue weighted by Gasteiger charge is -2.15. The second-order valence-electron chi connectivity index (χ2n) is 5.03. The fourth-order valence-corrected chi connectivity index (χ4v) is 2.58. The van der Waals surface area contributed by atoms with Gasteiger partial charge in [-0.25, -0.2) is 14.4 Å². The molecule has 3 aromatic rings. The Morgan fingerprint density at radius 2 is 2.14 bits per heavy atom. The summed E-state index contributed by atoms with van der Waals surface area (Å²) in [5.74, 6) is 0.566. The van der Waals surface area contributed by atoms with Crippen LogP contribution in [0, 0.1) is 0 Å². The van der Waals surface area contributed by atoms with Crippen molar-refractivity contribution in [3.8, 4) is 11.3 Å². The van der Waals surface area contributed by atoms with Gasteiger partial charge in [-0.05, 0) is 24.6 Å². The molecule has 4 rings (SSSR count). The quantitative estimate of drug-likeness (QED) is 0.717. The molecule has 0 saturated carbocycles. The molecule has 0 aromatic carbocycles. The van der Waals surface area contributed by atoms with Crippen LogP contribution in [0.1, 0.15) is 6.42 Å². The van der Waals surface area contributed by atoms with Gasteiger partial charge < -0.3 is 4.90 Å². The summed E-state index contributed by atoms with van der Waals surface area (Å²) in [6.07, 6.45) is 4.85. The number of rotatable bonds is 2. The summed E-state index contributed by atoms with van der Waals surface area (Å²) < 4.78 is 14.9. The highest BCUT2D eigenvalue weighted by Crippen LogP contribution is 2.24. The molecule has 1 aliphatic rings. The molecule has 6 nitrogen and oxygen atoms in total. The maximum atomic E-state index is 13.3. The summed E-state index contributed by atoms with van der Waals surface area (Å²) in [5.41, 5.74) is 2.54. The molecule has 3 aromatic heterocycles. The maximum Gasteiger partial charge on any atom is 0.225 e. The minimum absolute atomic E-state index is 0.361. The molecule has 0 amide bonds. The first-order valence-corrected chi connectivity index (χ1v) is 6.83. The van der Waals surface area contributed by atoms with Crippen LogP contribution in [-0.4, -0.2) is 44.1 Å². The molecule has 21 heavy (non-hydrogen) atoms. The Bertz CT molecular complexity index is 786. The van der Waals surface area contributed by atoms with Gasteiger partial charge in [-0.3, -0.25) is 0 Å². The van der Waals surface area contributed by atoms with Crippen molar-refractivity contribution in [1.29, 1.82) is 0 Å². The lowest BCUT2D eigenvalue weighted by atomic mass is 10.2. The number of hydrogen-bond donors (Lipinski definition) is 0. The summed E-state index contributed by atoms with van der Waals surface area (Å²) in [7, 11) is 0. The van der Waals surface area contributed by atoms with Crippen molar-refractivity contribution in [1.82, 2.24) is 24.8 Å². The molecular formula is C14H13FN6. The lowest BCUT2D eigenvalue weighted by Crippen LogP contribution is -2.22. The van der Waals surface area contributed by atoms with Crippen LogP contribution in [-0.2, 0) is 0 Å². The van der Waals surface area contributed by atoms with E-state index in [1.165, 1.54) is 0 Å². The van der Waals surface area contributed by atoms with Crippen molar-refractivity contribution < 1.29 is 4.39 Å². The van der Waals surface area contributed by atoms with E-state index in [-0.39, 0.29) is 0 Å². The van der Waals surface area contributed by atoms with Crippen LogP contribution in [0.4, 0.5) is 10.3 Å². The minimum Gasteiger partial charge on any atom is -0.338 e. The van der Waals surface area contributed by atoms with Crippen LogP contribution in [0.15, 0.2) is 36.8 Å². The molecule has 0 aliphatic carbocycles. The zero-order valence-corrected chi connectivity index (χ0v) is 11.2. The van der Waals surface area contributed by atoms with E-state index in [1.54, 1.807) is 23.2 Å². The highest BCUT2D eigenvalue weighted by atomic mass is 19.1. The van der Waals surface area contributed by atoms with Gasteiger partial charge in [0.2, 0.25) is 5.95 Å². The summed E-state index contributed by atoms with van der Waals surface area (Å²) in [5, 5.41) is 8.35. The van der Waals surface area contributed by atoms with Crippen LogP contribution < -0.4 is 4.90 Å². The van der Waals surface area contributed by atoms with Crippen molar-refractivity contribution in [3.05, 3.63) is 36.8 Å². The maximum absolute atomic E-state index is 13.3. The predicted molar refractivity (Wildman–Crippen MR) is 75.7 cm³/mol. The average molecular weight is 284 g/mol. The van der Waals surface area contributed by atoms with Gasteiger partial charge in [0.15, 0.2) is 0 Å². The normalized spacial score (nSPS) is 18.5. The Kier molecular flexibility index (Phi) is 2.77. The third-order valence-corrected chi connectivity index (χ3v) is 3.64. The summed E-state index contributed by atoms with van der Waals surface area (Å²) >= 11 is 0. The number of hydrogen-bond acceptors (Lipinski definition) is 5. The Morgan fingerprint density at radius 1 is 1.19 bits per heavy atom. The molecule has 0 bridgehead atoms. The Balaban J connectivity index is 1.75. The minimum atomic E-state index is -0.793. The van der Waals surface area contributed by atoms with E-state index in [9.17, 15) is 4.39 Å².